The first-order valence-electron chi connectivity index (χ1n) is 9.67. The summed E-state index contributed by atoms with van der Waals surface area (Å²) in [5, 5.41) is 2.88. The number of rotatable bonds is 7. The van der Waals surface area contributed by atoms with Gasteiger partial charge in [-0.2, -0.15) is 4.31 Å². The van der Waals surface area contributed by atoms with Crippen LogP contribution in [0.1, 0.15) is 18.4 Å². The molecular weight excluding hydrogens is 414 g/mol. The van der Waals surface area contributed by atoms with Gasteiger partial charge in [0.05, 0.1) is 7.11 Å². The van der Waals surface area contributed by atoms with Crippen LogP contribution in [0.5, 0.6) is 5.75 Å². The van der Waals surface area contributed by atoms with Gasteiger partial charge in [0.15, 0.2) is 0 Å². The molecule has 2 aromatic carbocycles. The Hall–Kier alpha value is -2.52. The van der Waals surface area contributed by atoms with E-state index in [0.717, 1.165) is 27.8 Å². The molecule has 1 N–H and O–H groups in total. The minimum Gasteiger partial charge on any atom is -0.496 e. The van der Waals surface area contributed by atoms with Crippen LogP contribution < -0.4 is 10.1 Å². The highest BCUT2D eigenvalue weighted by molar-refractivity contribution is 7.89. The Morgan fingerprint density at radius 3 is 2.57 bits per heavy atom. The van der Waals surface area contributed by atoms with Gasteiger partial charge in [-0.05, 0) is 49.1 Å². The molecule has 0 unspecified atom stereocenters. The van der Waals surface area contributed by atoms with Crippen LogP contribution in [0.25, 0.3) is 0 Å². The van der Waals surface area contributed by atoms with Gasteiger partial charge in [0.2, 0.25) is 15.9 Å². The molecule has 0 aromatic heterocycles. The summed E-state index contributed by atoms with van der Waals surface area (Å²) in [4.78, 5) is 11.8. The van der Waals surface area contributed by atoms with Crippen molar-refractivity contribution in [3.63, 3.8) is 0 Å². The molecule has 30 heavy (non-hydrogen) atoms. The van der Waals surface area contributed by atoms with Crippen molar-refractivity contribution in [1.82, 2.24) is 9.62 Å². The number of nitrogens with zero attached hydrogens (tertiary/aromatic N) is 1. The maximum atomic E-state index is 13.9. The molecule has 0 saturated carbocycles. The molecule has 1 saturated heterocycles. The first-order chi connectivity index (χ1) is 14.3. The third-order valence-corrected chi connectivity index (χ3v) is 7.14. The zero-order valence-electron chi connectivity index (χ0n) is 16.6. The predicted octanol–water partition coefficient (Wildman–Crippen LogP) is 2.73. The number of sulfonamides is 1. The molecule has 1 heterocycles. The molecule has 0 spiro atoms. The van der Waals surface area contributed by atoms with Crippen molar-refractivity contribution in [3.8, 4) is 5.75 Å². The van der Waals surface area contributed by atoms with Gasteiger partial charge in [-0.3, -0.25) is 4.79 Å². The fourth-order valence-electron chi connectivity index (χ4n) is 3.55. The Kier molecular flexibility index (Phi) is 7.04. The molecule has 0 atom stereocenters. The van der Waals surface area contributed by atoms with E-state index >= 15 is 0 Å². The molecule has 1 aliphatic rings. The number of benzene rings is 2. The number of hydrogen-bond acceptors (Lipinski definition) is 4. The van der Waals surface area contributed by atoms with Crippen LogP contribution in [-0.2, 0) is 21.2 Å². The van der Waals surface area contributed by atoms with Gasteiger partial charge in [0.1, 0.15) is 22.3 Å². The monoisotopic (exact) mass is 438 g/mol. The summed E-state index contributed by atoms with van der Waals surface area (Å²) in [6.45, 7) is 0.581. The van der Waals surface area contributed by atoms with Crippen molar-refractivity contribution in [2.45, 2.75) is 24.2 Å². The van der Waals surface area contributed by atoms with Crippen LogP contribution in [0.15, 0.2) is 47.4 Å². The number of carbonyl (C=O) groups excluding carboxylic acids is 1. The summed E-state index contributed by atoms with van der Waals surface area (Å²) >= 11 is 0. The number of nitrogens with one attached hydrogen (secondary N) is 1. The van der Waals surface area contributed by atoms with Crippen molar-refractivity contribution >= 4 is 15.9 Å². The first kappa shape index (κ1) is 22.2. The summed E-state index contributed by atoms with van der Waals surface area (Å²) in [7, 11) is -2.56. The molecule has 3 rings (SSSR count). The van der Waals surface area contributed by atoms with Crippen molar-refractivity contribution in [2.24, 2.45) is 5.92 Å². The number of amides is 1. The SMILES string of the molecule is COc1ccccc1CCNC(=O)C1CCN(S(=O)(=O)c2cc(F)ccc2F)CC1. The molecule has 0 aliphatic carbocycles. The lowest BCUT2D eigenvalue weighted by atomic mass is 9.97. The van der Waals surface area contributed by atoms with Gasteiger partial charge >= 0.3 is 0 Å². The normalized spacial score (nSPS) is 15.7. The van der Waals surface area contributed by atoms with E-state index in [4.69, 9.17) is 4.74 Å². The Bertz CT molecular complexity index is 1010. The Morgan fingerprint density at radius 2 is 1.87 bits per heavy atom. The highest BCUT2D eigenvalue weighted by Crippen LogP contribution is 2.26. The van der Waals surface area contributed by atoms with Gasteiger partial charge < -0.3 is 10.1 Å². The summed E-state index contributed by atoms with van der Waals surface area (Å²) in [6.07, 6.45) is 1.25. The summed E-state index contributed by atoms with van der Waals surface area (Å²) < 4.78 is 59.0. The van der Waals surface area contributed by atoms with E-state index in [0.29, 0.717) is 31.9 Å². The van der Waals surface area contributed by atoms with Crippen LogP contribution in [0.4, 0.5) is 8.78 Å². The highest BCUT2D eigenvalue weighted by Gasteiger charge is 2.33. The third kappa shape index (κ3) is 4.96. The van der Waals surface area contributed by atoms with E-state index in [9.17, 15) is 22.0 Å². The molecule has 1 aliphatic heterocycles. The van der Waals surface area contributed by atoms with Gasteiger partial charge in [-0.25, -0.2) is 17.2 Å². The zero-order valence-corrected chi connectivity index (χ0v) is 17.4. The number of methoxy groups -OCH3 is 1. The Labute approximate surface area is 174 Å². The minimum absolute atomic E-state index is 0.0723. The lowest BCUT2D eigenvalue weighted by Gasteiger charge is -2.30. The van der Waals surface area contributed by atoms with Crippen molar-refractivity contribution < 1.29 is 26.7 Å². The quantitative estimate of drug-likeness (QED) is 0.721. The Morgan fingerprint density at radius 1 is 1.17 bits per heavy atom. The van der Waals surface area contributed by atoms with E-state index in [1.165, 1.54) is 0 Å². The zero-order chi connectivity index (χ0) is 21.7. The molecule has 1 fully saturated rings. The van der Waals surface area contributed by atoms with Gasteiger partial charge in [0, 0.05) is 25.6 Å². The minimum atomic E-state index is -4.15. The van der Waals surface area contributed by atoms with Crippen molar-refractivity contribution in [1.29, 1.82) is 0 Å². The van der Waals surface area contributed by atoms with E-state index in [2.05, 4.69) is 5.32 Å². The molecular formula is C21H24F2N2O4S. The maximum Gasteiger partial charge on any atom is 0.246 e. The van der Waals surface area contributed by atoms with E-state index < -0.39 is 26.6 Å². The summed E-state index contributed by atoms with van der Waals surface area (Å²) in [5.41, 5.74) is 0.985. The number of piperidine rings is 1. The molecule has 6 nitrogen and oxygen atoms in total. The molecule has 2 aromatic rings. The summed E-state index contributed by atoms with van der Waals surface area (Å²) in [5.74, 6) is -1.52. The van der Waals surface area contributed by atoms with Crippen LogP contribution in [0.3, 0.4) is 0 Å². The smallest absolute Gasteiger partial charge is 0.246 e. The average Bonchev–Trinajstić information content (AvgIpc) is 2.75. The average molecular weight is 438 g/mol. The van der Waals surface area contributed by atoms with Crippen LogP contribution >= 0.6 is 0 Å². The second kappa shape index (κ2) is 9.53. The van der Waals surface area contributed by atoms with E-state index in [1.54, 1.807) is 7.11 Å². The lowest BCUT2D eigenvalue weighted by Crippen LogP contribution is -2.43. The standard InChI is InChI=1S/C21H24F2N2O4S/c1-29-19-5-3-2-4-15(19)8-11-24-21(26)16-9-12-25(13-10-16)30(27,28)20-14-17(22)6-7-18(20)23/h2-7,14,16H,8-13H2,1H3,(H,24,26). The number of para-hydroxylation sites is 1. The largest absolute Gasteiger partial charge is 0.496 e. The third-order valence-electron chi connectivity index (χ3n) is 5.22. The van der Waals surface area contributed by atoms with Crippen molar-refractivity contribution in [3.05, 3.63) is 59.7 Å². The van der Waals surface area contributed by atoms with E-state index in [-0.39, 0.29) is 24.9 Å². The van der Waals surface area contributed by atoms with Gasteiger partial charge in [-0.1, -0.05) is 18.2 Å². The maximum absolute atomic E-state index is 13.9. The lowest BCUT2D eigenvalue weighted by molar-refractivity contribution is -0.126. The Balaban J connectivity index is 1.53. The topological polar surface area (TPSA) is 75.7 Å². The number of ether oxygens (including phenoxy) is 1. The molecule has 0 radical (unpaired) electrons. The summed E-state index contributed by atoms with van der Waals surface area (Å²) in [6, 6.07) is 9.91. The van der Waals surface area contributed by atoms with E-state index in [1.807, 2.05) is 24.3 Å². The molecule has 162 valence electrons. The van der Waals surface area contributed by atoms with Crippen molar-refractivity contribution in [2.75, 3.05) is 26.7 Å². The van der Waals surface area contributed by atoms with Crippen LogP contribution in [0.2, 0.25) is 0 Å². The second-order valence-corrected chi connectivity index (χ2v) is 9.01. The molecule has 1 amide bonds. The van der Waals surface area contributed by atoms with Crippen LogP contribution in [-0.4, -0.2) is 45.4 Å². The van der Waals surface area contributed by atoms with Gasteiger partial charge in [-0.15, -0.1) is 0 Å². The predicted molar refractivity (Wildman–Crippen MR) is 108 cm³/mol. The highest BCUT2D eigenvalue weighted by atomic mass is 32.2. The second-order valence-electron chi connectivity index (χ2n) is 7.11. The first-order valence-corrected chi connectivity index (χ1v) is 11.1. The van der Waals surface area contributed by atoms with Gasteiger partial charge in [0.25, 0.3) is 0 Å². The van der Waals surface area contributed by atoms with Crippen LogP contribution in [0, 0.1) is 17.6 Å². The molecule has 9 heteroatoms. The fourth-order valence-corrected chi connectivity index (χ4v) is 5.09. The fraction of sp³-hybridized carbons (Fsp3) is 0.381. The number of halogens is 2. The number of carbonyl (C=O) groups is 1. The number of hydrogen-bond donors (Lipinski definition) is 1. The molecule has 0 bridgehead atoms.